The van der Waals surface area contributed by atoms with E-state index in [1.54, 1.807) is 36.4 Å². The summed E-state index contributed by atoms with van der Waals surface area (Å²) >= 11 is 13.3. The van der Waals surface area contributed by atoms with Crippen molar-refractivity contribution in [3.63, 3.8) is 0 Å². The first-order valence-electron chi connectivity index (χ1n) is 8.80. The van der Waals surface area contributed by atoms with Crippen LogP contribution in [0.25, 0.3) is 5.69 Å². The molecule has 3 aromatic rings. The molecular weight excluding hydrogens is 431 g/mol. The average Bonchev–Trinajstić information content (AvgIpc) is 3.09. The minimum Gasteiger partial charge on any atom is -0.356 e. The molecule has 29 heavy (non-hydrogen) atoms. The lowest BCUT2D eigenvalue weighted by Gasteiger charge is -2.11. The highest BCUT2D eigenvalue weighted by atomic mass is 35.5. The minimum atomic E-state index is -0.109. The second kappa shape index (κ2) is 9.91. The van der Waals surface area contributed by atoms with E-state index < -0.39 is 0 Å². The van der Waals surface area contributed by atoms with Gasteiger partial charge in [0.05, 0.1) is 11.4 Å². The van der Waals surface area contributed by atoms with Gasteiger partial charge in [-0.3, -0.25) is 14.2 Å². The molecule has 0 radical (unpaired) electrons. The molecule has 0 fully saturated rings. The van der Waals surface area contributed by atoms with E-state index in [2.05, 4.69) is 15.5 Å². The maximum atomic E-state index is 12.5. The van der Waals surface area contributed by atoms with E-state index in [0.29, 0.717) is 39.6 Å². The molecule has 0 atom stereocenters. The molecule has 0 aliphatic rings. The van der Waals surface area contributed by atoms with Crippen LogP contribution in [0.5, 0.6) is 0 Å². The van der Waals surface area contributed by atoms with Crippen LogP contribution in [0, 0.1) is 0 Å². The van der Waals surface area contributed by atoms with Crippen molar-refractivity contribution in [2.24, 2.45) is 0 Å². The molecule has 1 amide bonds. The number of aromatic nitrogens is 3. The van der Waals surface area contributed by atoms with Crippen molar-refractivity contribution < 1.29 is 9.59 Å². The highest BCUT2D eigenvalue weighted by molar-refractivity contribution is 7.99. The van der Waals surface area contributed by atoms with Crippen molar-refractivity contribution >= 4 is 46.7 Å². The quantitative estimate of drug-likeness (QED) is 0.412. The van der Waals surface area contributed by atoms with Crippen molar-refractivity contribution in [2.75, 3.05) is 12.3 Å². The lowest BCUT2D eigenvalue weighted by atomic mass is 10.1. The van der Waals surface area contributed by atoms with Crippen molar-refractivity contribution in [3.8, 4) is 5.69 Å². The van der Waals surface area contributed by atoms with Crippen LogP contribution in [0.2, 0.25) is 10.0 Å². The first kappa shape index (κ1) is 21.4. The molecular formula is C20H18Cl2N4O2S. The van der Waals surface area contributed by atoms with Gasteiger partial charge in [-0.1, -0.05) is 41.0 Å². The Labute approximate surface area is 182 Å². The summed E-state index contributed by atoms with van der Waals surface area (Å²) in [6.07, 6.45) is 0.491. The third-order valence-electron chi connectivity index (χ3n) is 3.99. The summed E-state index contributed by atoms with van der Waals surface area (Å²) in [5.74, 6) is 0.725. The van der Waals surface area contributed by atoms with Gasteiger partial charge < -0.3 is 5.32 Å². The highest BCUT2D eigenvalue weighted by Gasteiger charge is 2.17. The Balaban J connectivity index is 1.81. The van der Waals surface area contributed by atoms with E-state index in [0.717, 1.165) is 5.69 Å². The van der Waals surface area contributed by atoms with E-state index in [9.17, 15) is 9.59 Å². The molecule has 0 aliphatic heterocycles. The summed E-state index contributed by atoms with van der Waals surface area (Å²) in [6.45, 7) is 1.90. The number of rotatable bonds is 8. The molecule has 9 heteroatoms. The van der Waals surface area contributed by atoms with Crippen LogP contribution in [0.1, 0.15) is 23.1 Å². The molecule has 0 saturated heterocycles. The van der Waals surface area contributed by atoms with Crippen molar-refractivity contribution in [1.29, 1.82) is 0 Å². The van der Waals surface area contributed by atoms with Gasteiger partial charge >= 0.3 is 0 Å². The van der Waals surface area contributed by atoms with Crippen LogP contribution < -0.4 is 5.32 Å². The number of carbonyl (C=O) groups is 2. The zero-order valence-electron chi connectivity index (χ0n) is 15.6. The highest BCUT2D eigenvalue weighted by Crippen LogP contribution is 2.25. The molecule has 0 saturated carbocycles. The van der Waals surface area contributed by atoms with Crippen LogP contribution in [-0.4, -0.2) is 38.8 Å². The van der Waals surface area contributed by atoms with Gasteiger partial charge in [0.2, 0.25) is 5.91 Å². The Morgan fingerprint density at radius 3 is 2.52 bits per heavy atom. The molecule has 2 aromatic carbocycles. The Bertz CT molecular complexity index is 1020. The van der Waals surface area contributed by atoms with Crippen LogP contribution in [0.3, 0.4) is 0 Å². The fourth-order valence-electron chi connectivity index (χ4n) is 2.63. The standard InChI is InChI=1S/C20H18Cl2N4O2S/c1-13(27)23-10-9-19-24-25-20(26(19)17-4-2-3-16(22)11-17)29-12-18(28)14-5-7-15(21)8-6-14/h2-8,11H,9-10,12H2,1H3,(H,23,27). The van der Waals surface area contributed by atoms with Gasteiger partial charge in [0.1, 0.15) is 5.82 Å². The molecule has 150 valence electrons. The number of halogens is 2. The number of hydrogen-bond donors (Lipinski definition) is 1. The molecule has 1 heterocycles. The fourth-order valence-corrected chi connectivity index (χ4v) is 3.81. The normalized spacial score (nSPS) is 10.7. The molecule has 0 unspecified atom stereocenters. The minimum absolute atomic E-state index is 0.0351. The van der Waals surface area contributed by atoms with Gasteiger partial charge in [-0.25, -0.2) is 0 Å². The Morgan fingerprint density at radius 1 is 1.07 bits per heavy atom. The number of carbonyl (C=O) groups excluding carboxylic acids is 2. The molecule has 0 bridgehead atoms. The zero-order valence-corrected chi connectivity index (χ0v) is 17.9. The van der Waals surface area contributed by atoms with Crippen molar-refractivity contribution in [2.45, 2.75) is 18.5 Å². The van der Waals surface area contributed by atoms with E-state index in [1.807, 2.05) is 16.7 Å². The largest absolute Gasteiger partial charge is 0.356 e. The molecule has 3 rings (SSSR count). The number of hydrogen-bond acceptors (Lipinski definition) is 5. The van der Waals surface area contributed by atoms with E-state index in [1.165, 1.54) is 18.7 Å². The number of amides is 1. The monoisotopic (exact) mass is 448 g/mol. The summed E-state index contributed by atoms with van der Waals surface area (Å²) in [5.41, 5.74) is 1.38. The lowest BCUT2D eigenvalue weighted by Crippen LogP contribution is -2.23. The van der Waals surface area contributed by atoms with Gasteiger partial charge in [0.15, 0.2) is 10.9 Å². The van der Waals surface area contributed by atoms with Crippen LogP contribution >= 0.6 is 35.0 Å². The summed E-state index contributed by atoms with van der Waals surface area (Å²) in [7, 11) is 0. The topological polar surface area (TPSA) is 76.9 Å². The molecule has 1 N–H and O–H groups in total. The maximum Gasteiger partial charge on any atom is 0.216 e. The van der Waals surface area contributed by atoms with Crippen molar-refractivity contribution in [3.05, 3.63) is 70.0 Å². The van der Waals surface area contributed by atoms with Gasteiger partial charge in [-0.05, 0) is 42.5 Å². The zero-order chi connectivity index (χ0) is 20.8. The van der Waals surface area contributed by atoms with Crippen molar-refractivity contribution in [1.82, 2.24) is 20.1 Å². The predicted molar refractivity (Wildman–Crippen MR) is 115 cm³/mol. The summed E-state index contributed by atoms with van der Waals surface area (Å²) in [6, 6.07) is 14.1. The number of benzene rings is 2. The van der Waals surface area contributed by atoms with E-state index in [-0.39, 0.29) is 17.4 Å². The Hall–Kier alpha value is -2.35. The first-order chi connectivity index (χ1) is 13.9. The second-order valence-corrected chi connectivity index (χ2v) is 7.98. The Morgan fingerprint density at radius 2 is 1.83 bits per heavy atom. The molecule has 1 aromatic heterocycles. The molecule has 0 spiro atoms. The summed E-state index contributed by atoms with van der Waals surface area (Å²) in [4.78, 5) is 23.6. The van der Waals surface area contributed by atoms with Crippen LogP contribution in [0.15, 0.2) is 53.7 Å². The summed E-state index contributed by atoms with van der Waals surface area (Å²) < 4.78 is 1.85. The number of ketones is 1. The van der Waals surface area contributed by atoms with Gasteiger partial charge in [-0.15, -0.1) is 10.2 Å². The van der Waals surface area contributed by atoms with Crippen LogP contribution in [-0.2, 0) is 11.2 Å². The average molecular weight is 449 g/mol. The SMILES string of the molecule is CC(=O)NCCc1nnc(SCC(=O)c2ccc(Cl)cc2)n1-c1cccc(Cl)c1. The van der Waals surface area contributed by atoms with E-state index >= 15 is 0 Å². The van der Waals surface area contributed by atoms with E-state index in [4.69, 9.17) is 23.2 Å². The predicted octanol–water partition coefficient (Wildman–Crippen LogP) is 4.23. The third kappa shape index (κ3) is 5.82. The third-order valence-corrected chi connectivity index (χ3v) is 5.40. The van der Waals surface area contributed by atoms with Gasteiger partial charge in [-0.2, -0.15) is 0 Å². The number of nitrogens with one attached hydrogen (secondary N) is 1. The lowest BCUT2D eigenvalue weighted by molar-refractivity contribution is -0.118. The smallest absolute Gasteiger partial charge is 0.216 e. The fraction of sp³-hybridized carbons (Fsp3) is 0.200. The van der Waals surface area contributed by atoms with Gasteiger partial charge in [0, 0.05) is 35.5 Å². The first-order valence-corrected chi connectivity index (χ1v) is 10.5. The number of Topliss-reactive ketones (excluding diaryl/α,β-unsaturated/α-hetero) is 1. The Kier molecular flexibility index (Phi) is 7.30. The summed E-state index contributed by atoms with van der Waals surface area (Å²) in [5, 5.41) is 13.0. The molecule has 6 nitrogen and oxygen atoms in total. The number of thioether (sulfide) groups is 1. The van der Waals surface area contributed by atoms with Crippen LogP contribution in [0.4, 0.5) is 0 Å². The second-order valence-electron chi connectivity index (χ2n) is 6.17. The molecule has 0 aliphatic carbocycles. The number of nitrogens with zero attached hydrogens (tertiary/aromatic N) is 3. The van der Waals surface area contributed by atoms with Gasteiger partial charge in [0.25, 0.3) is 0 Å². The maximum absolute atomic E-state index is 12.5.